The summed E-state index contributed by atoms with van der Waals surface area (Å²) in [6, 6.07) is 0. The highest BCUT2D eigenvalue weighted by molar-refractivity contribution is 6.01. The SMILES string of the molecule is C=C1C(=O)CC2C1CC(=O)/C(C)=C\CCC(C)(O)C2O. The van der Waals surface area contributed by atoms with E-state index >= 15 is 0 Å². The Morgan fingerprint density at radius 1 is 1.30 bits per heavy atom. The molecule has 110 valence electrons. The molecule has 0 aromatic carbocycles. The predicted octanol–water partition coefficient (Wildman–Crippen LogP) is 1.56. The van der Waals surface area contributed by atoms with Gasteiger partial charge in [-0.3, -0.25) is 9.59 Å². The number of rotatable bonds is 0. The van der Waals surface area contributed by atoms with Crippen LogP contribution in [0.4, 0.5) is 0 Å². The number of hydrogen-bond acceptors (Lipinski definition) is 4. The summed E-state index contributed by atoms with van der Waals surface area (Å²) in [6.45, 7) is 7.12. The Hall–Kier alpha value is -1.26. The zero-order chi connectivity index (χ0) is 15.1. The smallest absolute Gasteiger partial charge is 0.158 e. The van der Waals surface area contributed by atoms with Crippen LogP contribution in [0.3, 0.4) is 0 Å². The summed E-state index contributed by atoms with van der Waals surface area (Å²) < 4.78 is 0. The van der Waals surface area contributed by atoms with E-state index in [4.69, 9.17) is 0 Å². The van der Waals surface area contributed by atoms with E-state index in [1.54, 1.807) is 19.9 Å². The molecule has 1 fully saturated rings. The molecule has 2 aliphatic rings. The molecule has 0 saturated heterocycles. The van der Waals surface area contributed by atoms with Gasteiger partial charge in [-0.05, 0) is 43.8 Å². The molecular formula is C16H22O4. The van der Waals surface area contributed by atoms with Crippen LogP contribution in [0, 0.1) is 11.8 Å². The van der Waals surface area contributed by atoms with Gasteiger partial charge in [0.15, 0.2) is 11.6 Å². The molecule has 2 rings (SSSR count). The number of carbonyl (C=O) groups excluding carboxylic acids is 2. The van der Waals surface area contributed by atoms with Crippen LogP contribution in [0.15, 0.2) is 23.8 Å². The molecule has 1 saturated carbocycles. The van der Waals surface area contributed by atoms with E-state index in [-0.39, 0.29) is 30.3 Å². The number of aliphatic hydroxyl groups excluding tert-OH is 1. The number of Topliss-reactive ketones (excluding diaryl/α,β-unsaturated/α-hetero) is 2. The van der Waals surface area contributed by atoms with Gasteiger partial charge in [0.1, 0.15) is 0 Å². The quantitative estimate of drug-likeness (QED) is 0.659. The van der Waals surface area contributed by atoms with E-state index in [1.165, 1.54) is 0 Å². The third kappa shape index (κ3) is 2.63. The van der Waals surface area contributed by atoms with Crippen LogP contribution < -0.4 is 0 Å². The third-order valence-corrected chi connectivity index (χ3v) is 4.73. The van der Waals surface area contributed by atoms with Crippen molar-refractivity contribution in [2.24, 2.45) is 11.8 Å². The summed E-state index contributed by atoms with van der Waals surface area (Å²) in [5, 5.41) is 20.9. The molecule has 0 bridgehead atoms. The largest absolute Gasteiger partial charge is 0.390 e. The molecule has 4 atom stereocenters. The maximum absolute atomic E-state index is 12.1. The second-order valence-electron chi connectivity index (χ2n) is 6.28. The van der Waals surface area contributed by atoms with Crippen molar-refractivity contribution in [1.82, 2.24) is 0 Å². The van der Waals surface area contributed by atoms with Crippen molar-refractivity contribution in [2.45, 2.75) is 51.2 Å². The van der Waals surface area contributed by atoms with Crippen LogP contribution in [-0.2, 0) is 9.59 Å². The molecule has 4 heteroatoms. The first kappa shape index (κ1) is 15.1. The highest BCUT2D eigenvalue weighted by Gasteiger charge is 2.47. The van der Waals surface area contributed by atoms with Crippen molar-refractivity contribution in [3.05, 3.63) is 23.8 Å². The van der Waals surface area contributed by atoms with E-state index in [2.05, 4.69) is 6.58 Å². The van der Waals surface area contributed by atoms with Crippen molar-refractivity contribution >= 4 is 11.6 Å². The minimum absolute atomic E-state index is 0.00964. The lowest BCUT2D eigenvalue weighted by atomic mass is 9.76. The Morgan fingerprint density at radius 3 is 2.60 bits per heavy atom. The average molecular weight is 278 g/mol. The lowest BCUT2D eigenvalue weighted by Crippen LogP contribution is -2.45. The van der Waals surface area contributed by atoms with Crippen LogP contribution in [0.1, 0.15) is 39.5 Å². The van der Waals surface area contributed by atoms with Crippen molar-refractivity contribution in [3.63, 3.8) is 0 Å². The van der Waals surface area contributed by atoms with Crippen LogP contribution in [-0.4, -0.2) is 33.5 Å². The minimum Gasteiger partial charge on any atom is -0.390 e. The van der Waals surface area contributed by atoms with E-state index in [0.29, 0.717) is 24.0 Å². The van der Waals surface area contributed by atoms with E-state index in [0.717, 1.165) is 0 Å². The number of fused-ring (bicyclic) bond motifs is 1. The van der Waals surface area contributed by atoms with Crippen LogP contribution in [0.25, 0.3) is 0 Å². The molecule has 4 unspecified atom stereocenters. The fourth-order valence-corrected chi connectivity index (χ4v) is 3.22. The zero-order valence-electron chi connectivity index (χ0n) is 12.1. The molecule has 0 radical (unpaired) electrons. The average Bonchev–Trinajstić information content (AvgIpc) is 2.64. The van der Waals surface area contributed by atoms with Gasteiger partial charge in [-0.15, -0.1) is 0 Å². The summed E-state index contributed by atoms with van der Waals surface area (Å²) in [7, 11) is 0. The lowest BCUT2D eigenvalue weighted by Gasteiger charge is -2.35. The summed E-state index contributed by atoms with van der Waals surface area (Å²) in [4.78, 5) is 24.0. The molecule has 4 nitrogen and oxygen atoms in total. The highest BCUT2D eigenvalue weighted by Crippen LogP contribution is 2.42. The first-order chi connectivity index (χ1) is 9.24. The topological polar surface area (TPSA) is 74.6 Å². The van der Waals surface area contributed by atoms with Gasteiger partial charge in [-0.1, -0.05) is 12.7 Å². The monoisotopic (exact) mass is 278 g/mol. The van der Waals surface area contributed by atoms with Crippen LogP contribution in [0.5, 0.6) is 0 Å². The molecule has 2 N–H and O–H groups in total. The maximum Gasteiger partial charge on any atom is 0.158 e. The minimum atomic E-state index is -1.26. The standard InChI is InChI=1S/C16H22O4/c1-9-5-4-6-16(3,20)15(19)12-8-14(18)10(2)11(12)7-13(9)17/h5,11-12,15,19-20H,2,4,6-8H2,1,3H3/b9-5-. The fraction of sp³-hybridized carbons (Fsp3) is 0.625. The summed E-state index contributed by atoms with van der Waals surface area (Å²) in [6.07, 6.45) is 2.02. The molecule has 0 aliphatic heterocycles. The molecule has 0 aromatic rings. The van der Waals surface area contributed by atoms with Gasteiger partial charge in [0.25, 0.3) is 0 Å². The van der Waals surface area contributed by atoms with Crippen molar-refractivity contribution in [3.8, 4) is 0 Å². The molecule has 2 aliphatic carbocycles. The zero-order valence-corrected chi connectivity index (χ0v) is 12.1. The number of hydrogen-bond donors (Lipinski definition) is 2. The van der Waals surface area contributed by atoms with Crippen LogP contribution >= 0.6 is 0 Å². The Bertz CT molecular complexity index is 487. The highest BCUT2D eigenvalue weighted by atomic mass is 16.3. The normalized spacial score (nSPS) is 42.1. The van der Waals surface area contributed by atoms with Gasteiger partial charge >= 0.3 is 0 Å². The van der Waals surface area contributed by atoms with Gasteiger partial charge in [0.2, 0.25) is 0 Å². The molecule has 0 spiro atoms. The summed E-state index contributed by atoms with van der Waals surface area (Å²) in [5.41, 5.74) is -0.194. The summed E-state index contributed by atoms with van der Waals surface area (Å²) in [5.74, 6) is -0.897. The molecule has 0 heterocycles. The van der Waals surface area contributed by atoms with Crippen LogP contribution in [0.2, 0.25) is 0 Å². The second kappa shape index (κ2) is 5.26. The van der Waals surface area contributed by atoms with Gasteiger partial charge in [0.05, 0.1) is 11.7 Å². The Morgan fingerprint density at radius 2 is 1.95 bits per heavy atom. The third-order valence-electron chi connectivity index (χ3n) is 4.73. The Kier molecular flexibility index (Phi) is 3.98. The van der Waals surface area contributed by atoms with E-state index in [9.17, 15) is 19.8 Å². The predicted molar refractivity (Wildman–Crippen MR) is 75.0 cm³/mol. The number of allylic oxidation sites excluding steroid dienone is 3. The molecule has 0 aromatic heterocycles. The second-order valence-corrected chi connectivity index (χ2v) is 6.28. The lowest BCUT2D eigenvalue weighted by molar-refractivity contribution is -0.122. The number of carbonyl (C=O) groups is 2. The molecule has 20 heavy (non-hydrogen) atoms. The van der Waals surface area contributed by atoms with Gasteiger partial charge in [-0.25, -0.2) is 0 Å². The fourth-order valence-electron chi connectivity index (χ4n) is 3.22. The number of ketones is 2. The molecular weight excluding hydrogens is 256 g/mol. The summed E-state index contributed by atoms with van der Waals surface area (Å²) >= 11 is 0. The van der Waals surface area contributed by atoms with Gasteiger partial charge in [-0.2, -0.15) is 0 Å². The first-order valence-corrected chi connectivity index (χ1v) is 7.06. The maximum atomic E-state index is 12.1. The Balaban J connectivity index is 2.39. The van der Waals surface area contributed by atoms with E-state index < -0.39 is 17.6 Å². The van der Waals surface area contributed by atoms with E-state index in [1.807, 2.05) is 0 Å². The first-order valence-electron chi connectivity index (χ1n) is 7.06. The Labute approximate surface area is 119 Å². The van der Waals surface area contributed by atoms with Crippen molar-refractivity contribution < 1.29 is 19.8 Å². The van der Waals surface area contributed by atoms with Crippen molar-refractivity contribution in [2.75, 3.05) is 0 Å². The van der Waals surface area contributed by atoms with Gasteiger partial charge < -0.3 is 10.2 Å². The van der Waals surface area contributed by atoms with Crippen molar-refractivity contribution in [1.29, 1.82) is 0 Å². The van der Waals surface area contributed by atoms with Gasteiger partial charge in [0, 0.05) is 18.8 Å². The molecule has 0 amide bonds. The number of aliphatic hydroxyl groups is 2.